The van der Waals surface area contributed by atoms with Crippen LogP contribution < -0.4 is 0 Å². The molecule has 29 heavy (non-hydrogen) atoms. The van der Waals surface area contributed by atoms with E-state index < -0.39 is 0 Å². The second kappa shape index (κ2) is 10.1. The summed E-state index contributed by atoms with van der Waals surface area (Å²) in [5.41, 5.74) is 4.87. The van der Waals surface area contributed by atoms with Gasteiger partial charge in [0.1, 0.15) is 6.54 Å². The van der Waals surface area contributed by atoms with Gasteiger partial charge in [-0.25, -0.2) is 0 Å². The van der Waals surface area contributed by atoms with Gasteiger partial charge >= 0.3 is 0 Å². The number of hydrogen-bond donors (Lipinski definition) is 0. The van der Waals surface area contributed by atoms with Gasteiger partial charge in [-0.2, -0.15) is 5.10 Å². The molecule has 5 nitrogen and oxygen atoms in total. The minimum absolute atomic E-state index is 0.181. The highest BCUT2D eigenvalue weighted by Gasteiger charge is 2.23. The van der Waals surface area contributed by atoms with Crippen molar-refractivity contribution in [3.63, 3.8) is 0 Å². The number of carbonyl (C=O) groups excluding carboxylic acids is 1. The maximum absolute atomic E-state index is 12.8. The highest BCUT2D eigenvalue weighted by Crippen LogP contribution is 2.20. The van der Waals surface area contributed by atoms with Gasteiger partial charge in [-0.3, -0.25) is 9.48 Å². The molecule has 0 unspecified atom stereocenters. The van der Waals surface area contributed by atoms with Gasteiger partial charge in [0.05, 0.1) is 5.69 Å². The number of carbonyl (C=O) groups is 1. The molecule has 1 aromatic carbocycles. The van der Waals surface area contributed by atoms with Crippen LogP contribution in [0.3, 0.4) is 0 Å². The Hall–Kier alpha value is -2.14. The summed E-state index contributed by atoms with van der Waals surface area (Å²) >= 11 is 0. The number of amides is 1. The fourth-order valence-corrected chi connectivity index (χ4v) is 4.34. The molecule has 0 spiro atoms. The number of hydrogen-bond acceptors (Lipinski definition) is 3. The Morgan fingerprint density at radius 3 is 2.52 bits per heavy atom. The molecule has 1 fully saturated rings. The monoisotopic (exact) mass is 396 g/mol. The Labute approximate surface area is 175 Å². The molecule has 3 rings (SSSR count). The summed E-state index contributed by atoms with van der Waals surface area (Å²) in [6.45, 7) is 13.7. The third-order valence-corrected chi connectivity index (χ3v) is 6.27. The standard InChI is InChI=1S/C24H36N4O/c1-5-27(24(29)18-28-21(4)16-20(3)25-28)17-22-10-13-26(14-11-22)15-12-23-9-7-6-8-19(23)2/h6-9,16,22H,5,10-15,17-18H2,1-4H3. The van der Waals surface area contributed by atoms with Crippen molar-refractivity contribution in [1.82, 2.24) is 19.6 Å². The average Bonchev–Trinajstić information content (AvgIpc) is 3.03. The van der Waals surface area contributed by atoms with Gasteiger partial charge in [0.15, 0.2) is 0 Å². The molecular formula is C24H36N4O. The van der Waals surface area contributed by atoms with Crippen molar-refractivity contribution in [3.8, 4) is 0 Å². The minimum Gasteiger partial charge on any atom is -0.341 e. The van der Waals surface area contributed by atoms with E-state index in [9.17, 15) is 4.79 Å². The highest BCUT2D eigenvalue weighted by molar-refractivity contribution is 5.76. The zero-order chi connectivity index (χ0) is 20.8. The molecule has 0 aliphatic carbocycles. The third-order valence-electron chi connectivity index (χ3n) is 6.27. The molecule has 5 heteroatoms. The van der Waals surface area contributed by atoms with Crippen molar-refractivity contribution in [2.24, 2.45) is 5.92 Å². The lowest BCUT2D eigenvalue weighted by atomic mass is 9.95. The van der Waals surface area contributed by atoms with Crippen molar-refractivity contribution in [2.45, 2.75) is 53.5 Å². The average molecular weight is 397 g/mol. The van der Waals surface area contributed by atoms with Gasteiger partial charge in [0.25, 0.3) is 0 Å². The Bertz CT molecular complexity index is 805. The maximum atomic E-state index is 12.8. The van der Waals surface area contributed by atoms with Crippen LogP contribution in [0.4, 0.5) is 0 Å². The fourth-order valence-electron chi connectivity index (χ4n) is 4.34. The van der Waals surface area contributed by atoms with E-state index in [1.807, 2.05) is 29.5 Å². The first-order chi connectivity index (χ1) is 14.0. The number of benzene rings is 1. The van der Waals surface area contributed by atoms with E-state index in [1.165, 1.54) is 24.0 Å². The molecule has 0 N–H and O–H groups in total. The van der Waals surface area contributed by atoms with Crippen LogP contribution in [-0.2, 0) is 17.8 Å². The van der Waals surface area contributed by atoms with Crippen molar-refractivity contribution in [3.05, 3.63) is 52.8 Å². The first-order valence-corrected chi connectivity index (χ1v) is 11.0. The van der Waals surface area contributed by atoms with E-state index in [1.54, 1.807) is 0 Å². The smallest absolute Gasteiger partial charge is 0.244 e. The molecule has 0 atom stereocenters. The molecule has 2 aromatic rings. The molecule has 1 aliphatic rings. The maximum Gasteiger partial charge on any atom is 0.244 e. The van der Waals surface area contributed by atoms with Gasteiger partial charge in [0.2, 0.25) is 5.91 Å². The van der Waals surface area contributed by atoms with Crippen molar-refractivity contribution < 1.29 is 4.79 Å². The molecule has 1 aromatic heterocycles. The summed E-state index contributed by atoms with van der Waals surface area (Å²) < 4.78 is 1.83. The second-order valence-electron chi connectivity index (χ2n) is 8.48. The number of piperidine rings is 1. The number of likely N-dealkylation sites (N-methyl/N-ethyl adjacent to an activating group) is 1. The van der Waals surface area contributed by atoms with E-state index in [-0.39, 0.29) is 5.91 Å². The molecule has 1 amide bonds. The van der Waals surface area contributed by atoms with Crippen molar-refractivity contribution in [2.75, 3.05) is 32.7 Å². The van der Waals surface area contributed by atoms with Crippen LogP contribution in [0, 0.1) is 26.7 Å². The molecular weight excluding hydrogens is 360 g/mol. The number of rotatable bonds is 8. The third kappa shape index (κ3) is 5.92. The van der Waals surface area contributed by atoms with Gasteiger partial charge in [-0.1, -0.05) is 24.3 Å². The molecule has 0 saturated carbocycles. The largest absolute Gasteiger partial charge is 0.341 e. The number of aryl methyl sites for hydroxylation is 3. The quantitative estimate of drug-likeness (QED) is 0.684. The Morgan fingerprint density at radius 2 is 1.90 bits per heavy atom. The SMILES string of the molecule is CCN(CC1CCN(CCc2ccccc2C)CC1)C(=O)Cn1nc(C)cc1C. The van der Waals surface area contributed by atoms with Crippen LogP contribution in [-0.4, -0.2) is 58.2 Å². The Kier molecular flexibility index (Phi) is 7.48. The van der Waals surface area contributed by atoms with Crippen LogP contribution in [0.2, 0.25) is 0 Å². The van der Waals surface area contributed by atoms with E-state index >= 15 is 0 Å². The summed E-state index contributed by atoms with van der Waals surface area (Å²) in [7, 11) is 0. The summed E-state index contributed by atoms with van der Waals surface area (Å²) in [4.78, 5) is 17.4. The molecule has 0 radical (unpaired) electrons. The topological polar surface area (TPSA) is 41.4 Å². The van der Waals surface area contributed by atoms with Gasteiger partial charge in [0, 0.05) is 25.3 Å². The van der Waals surface area contributed by atoms with Crippen LogP contribution in [0.25, 0.3) is 0 Å². The molecule has 1 aliphatic heterocycles. The van der Waals surface area contributed by atoms with Crippen LogP contribution >= 0.6 is 0 Å². The fraction of sp³-hybridized carbons (Fsp3) is 0.583. The van der Waals surface area contributed by atoms with E-state index in [0.29, 0.717) is 12.5 Å². The van der Waals surface area contributed by atoms with Crippen molar-refractivity contribution >= 4 is 5.91 Å². The van der Waals surface area contributed by atoms with Crippen LogP contribution in [0.1, 0.15) is 42.3 Å². The predicted octanol–water partition coefficient (Wildman–Crippen LogP) is 3.61. The van der Waals surface area contributed by atoms with E-state index in [4.69, 9.17) is 0 Å². The zero-order valence-electron chi connectivity index (χ0n) is 18.5. The van der Waals surface area contributed by atoms with E-state index in [2.05, 4.69) is 48.1 Å². The zero-order valence-corrected chi connectivity index (χ0v) is 18.5. The Morgan fingerprint density at radius 1 is 1.17 bits per heavy atom. The Balaban J connectivity index is 1.44. The van der Waals surface area contributed by atoms with Gasteiger partial charge < -0.3 is 9.80 Å². The first kappa shape index (κ1) is 21.6. The van der Waals surface area contributed by atoms with E-state index in [0.717, 1.165) is 50.5 Å². The lowest BCUT2D eigenvalue weighted by Crippen LogP contribution is -2.42. The number of likely N-dealkylation sites (tertiary alicyclic amines) is 1. The van der Waals surface area contributed by atoms with Crippen molar-refractivity contribution in [1.29, 1.82) is 0 Å². The van der Waals surface area contributed by atoms with Gasteiger partial charge in [-0.05, 0) is 83.2 Å². The summed E-state index contributed by atoms with van der Waals surface area (Å²) in [5, 5.41) is 4.44. The summed E-state index contributed by atoms with van der Waals surface area (Å²) in [5.74, 6) is 0.787. The highest BCUT2D eigenvalue weighted by atomic mass is 16.2. The predicted molar refractivity (Wildman–Crippen MR) is 118 cm³/mol. The minimum atomic E-state index is 0.181. The van der Waals surface area contributed by atoms with Gasteiger partial charge in [-0.15, -0.1) is 0 Å². The van der Waals surface area contributed by atoms with Crippen LogP contribution in [0.5, 0.6) is 0 Å². The van der Waals surface area contributed by atoms with Crippen LogP contribution in [0.15, 0.2) is 30.3 Å². The lowest BCUT2D eigenvalue weighted by molar-refractivity contribution is -0.132. The number of aromatic nitrogens is 2. The lowest BCUT2D eigenvalue weighted by Gasteiger charge is -2.34. The summed E-state index contributed by atoms with van der Waals surface area (Å²) in [6, 6.07) is 10.7. The summed E-state index contributed by atoms with van der Waals surface area (Å²) in [6.07, 6.45) is 3.48. The molecule has 1 saturated heterocycles. The second-order valence-corrected chi connectivity index (χ2v) is 8.48. The normalized spacial score (nSPS) is 15.6. The molecule has 158 valence electrons. The first-order valence-electron chi connectivity index (χ1n) is 11.0. The molecule has 0 bridgehead atoms. The number of nitrogens with zero attached hydrogens (tertiary/aromatic N) is 4. The molecule has 2 heterocycles.